The molecule has 0 aliphatic carbocycles. The van der Waals surface area contributed by atoms with Gasteiger partial charge in [0.25, 0.3) is 0 Å². The van der Waals surface area contributed by atoms with E-state index in [1.54, 1.807) is 0 Å². The van der Waals surface area contributed by atoms with Gasteiger partial charge in [-0.1, -0.05) is 35.9 Å². The normalized spacial score (nSPS) is 10.6. The second kappa shape index (κ2) is 9.20. The van der Waals surface area contributed by atoms with Gasteiger partial charge in [-0.05, 0) is 61.0 Å². The Bertz CT molecular complexity index is 1210. The van der Waals surface area contributed by atoms with E-state index in [-0.39, 0.29) is 6.42 Å². The van der Waals surface area contributed by atoms with E-state index in [1.165, 1.54) is 11.3 Å². The summed E-state index contributed by atoms with van der Waals surface area (Å²) >= 11 is 7.52. The maximum Gasteiger partial charge on any atom is 0.308 e. The summed E-state index contributed by atoms with van der Waals surface area (Å²) in [5.74, 6) is 0.537. The summed E-state index contributed by atoms with van der Waals surface area (Å²) in [7, 11) is 0. The third kappa shape index (κ3) is 5.23. The fraction of sp³-hybridized carbons (Fsp3) is 0.0833. The van der Waals surface area contributed by atoms with Crippen molar-refractivity contribution in [2.24, 2.45) is 0 Å². The zero-order chi connectivity index (χ0) is 21.8. The summed E-state index contributed by atoms with van der Waals surface area (Å²) in [6, 6.07) is 22.6. The minimum Gasteiger partial charge on any atom is -0.481 e. The van der Waals surface area contributed by atoms with E-state index in [0.717, 1.165) is 22.6 Å². The molecular weight excluding hydrogens is 432 g/mol. The number of anilines is 2. The Morgan fingerprint density at radius 1 is 1.06 bits per heavy atom. The predicted molar refractivity (Wildman–Crippen MR) is 125 cm³/mol. The summed E-state index contributed by atoms with van der Waals surface area (Å²) in [4.78, 5) is 16.7. The van der Waals surface area contributed by atoms with Crippen LogP contribution in [0.25, 0.3) is 11.3 Å². The second-order valence-corrected chi connectivity index (χ2v) is 8.38. The standard InChI is InChI=1S/C24H19ClN2O3S/c1-15-7-10-17(13-20(15)25)26-24-27-23(21(31-24)14-22(28)29)16-8-11-19(12-9-16)30-18-5-3-2-4-6-18/h2-13H,14H2,1H3,(H,26,27)(H,28,29). The molecule has 4 aromatic rings. The highest BCUT2D eigenvalue weighted by Crippen LogP contribution is 2.35. The molecule has 0 saturated heterocycles. The van der Waals surface area contributed by atoms with Gasteiger partial charge in [0.15, 0.2) is 5.13 Å². The molecule has 156 valence electrons. The second-order valence-electron chi connectivity index (χ2n) is 6.89. The molecule has 3 aromatic carbocycles. The molecule has 0 spiro atoms. The molecule has 31 heavy (non-hydrogen) atoms. The predicted octanol–water partition coefficient (Wildman–Crippen LogP) is 6.93. The minimum atomic E-state index is -0.904. The third-order valence-electron chi connectivity index (χ3n) is 4.54. The van der Waals surface area contributed by atoms with Gasteiger partial charge in [-0.25, -0.2) is 4.98 Å². The number of nitrogens with one attached hydrogen (secondary N) is 1. The molecule has 4 rings (SSSR count). The fourth-order valence-electron chi connectivity index (χ4n) is 2.99. The van der Waals surface area contributed by atoms with Crippen LogP contribution < -0.4 is 10.1 Å². The molecule has 0 aliphatic rings. The van der Waals surface area contributed by atoms with Crippen molar-refractivity contribution in [3.63, 3.8) is 0 Å². The number of hydrogen-bond donors (Lipinski definition) is 2. The van der Waals surface area contributed by atoms with Gasteiger partial charge in [0, 0.05) is 21.2 Å². The van der Waals surface area contributed by atoms with Crippen LogP contribution in [0.3, 0.4) is 0 Å². The van der Waals surface area contributed by atoms with Crippen LogP contribution in [0.2, 0.25) is 5.02 Å². The molecule has 0 amide bonds. The highest BCUT2D eigenvalue weighted by atomic mass is 35.5. The average Bonchev–Trinajstić information content (AvgIpc) is 3.13. The number of ether oxygens (including phenoxy) is 1. The topological polar surface area (TPSA) is 71.5 Å². The van der Waals surface area contributed by atoms with E-state index < -0.39 is 5.97 Å². The molecule has 7 heteroatoms. The van der Waals surface area contributed by atoms with Gasteiger partial charge in [-0.15, -0.1) is 11.3 Å². The molecule has 0 unspecified atom stereocenters. The van der Waals surface area contributed by atoms with Crippen molar-refractivity contribution in [3.8, 4) is 22.8 Å². The summed E-state index contributed by atoms with van der Waals surface area (Å²) in [6.45, 7) is 1.93. The van der Waals surface area contributed by atoms with Crippen LogP contribution in [0.1, 0.15) is 10.4 Å². The number of rotatable bonds is 7. The molecule has 1 aromatic heterocycles. The van der Waals surface area contributed by atoms with Gasteiger partial charge in [0.1, 0.15) is 11.5 Å². The number of halogens is 1. The Morgan fingerprint density at radius 3 is 2.45 bits per heavy atom. The SMILES string of the molecule is Cc1ccc(Nc2nc(-c3ccc(Oc4ccccc4)cc3)c(CC(=O)O)s2)cc1Cl. The van der Waals surface area contributed by atoms with Crippen LogP contribution in [0, 0.1) is 6.92 Å². The van der Waals surface area contributed by atoms with Gasteiger partial charge >= 0.3 is 5.97 Å². The molecule has 0 fully saturated rings. The lowest BCUT2D eigenvalue weighted by Crippen LogP contribution is -1.99. The molecule has 0 bridgehead atoms. The summed E-state index contributed by atoms with van der Waals surface area (Å²) in [5.41, 5.74) is 3.24. The first-order chi connectivity index (χ1) is 15.0. The van der Waals surface area contributed by atoms with Crippen molar-refractivity contribution in [1.82, 2.24) is 4.98 Å². The van der Waals surface area contributed by atoms with E-state index in [4.69, 9.17) is 16.3 Å². The third-order valence-corrected chi connectivity index (χ3v) is 5.92. The number of para-hydroxylation sites is 1. The van der Waals surface area contributed by atoms with E-state index in [2.05, 4.69) is 10.3 Å². The van der Waals surface area contributed by atoms with E-state index in [9.17, 15) is 9.90 Å². The number of carboxylic acids is 1. The Hall–Kier alpha value is -3.35. The van der Waals surface area contributed by atoms with Gasteiger partial charge in [-0.3, -0.25) is 4.79 Å². The van der Waals surface area contributed by atoms with Crippen LogP contribution in [0.5, 0.6) is 11.5 Å². The first-order valence-corrected chi connectivity index (χ1v) is 10.8. The molecule has 1 heterocycles. The van der Waals surface area contributed by atoms with Gasteiger partial charge in [0.2, 0.25) is 0 Å². The van der Waals surface area contributed by atoms with E-state index in [1.807, 2.05) is 79.7 Å². The number of aromatic nitrogens is 1. The van der Waals surface area contributed by atoms with Crippen LogP contribution >= 0.6 is 22.9 Å². The monoisotopic (exact) mass is 450 g/mol. The zero-order valence-corrected chi connectivity index (χ0v) is 18.2. The highest BCUT2D eigenvalue weighted by Gasteiger charge is 2.16. The summed E-state index contributed by atoms with van der Waals surface area (Å²) < 4.78 is 5.83. The maximum atomic E-state index is 11.4. The Morgan fingerprint density at radius 2 is 1.77 bits per heavy atom. The molecule has 5 nitrogen and oxygen atoms in total. The summed E-state index contributed by atoms with van der Waals surface area (Å²) in [6.07, 6.45) is -0.106. The van der Waals surface area contributed by atoms with Gasteiger partial charge in [0.05, 0.1) is 12.1 Å². The molecule has 0 aliphatic heterocycles. The van der Waals surface area contributed by atoms with Crippen molar-refractivity contribution < 1.29 is 14.6 Å². The fourth-order valence-corrected chi connectivity index (χ4v) is 4.16. The van der Waals surface area contributed by atoms with Gasteiger partial charge < -0.3 is 15.2 Å². The number of nitrogens with zero attached hydrogens (tertiary/aromatic N) is 1. The molecular formula is C24H19ClN2O3S. The first kappa shape index (κ1) is 20.9. The lowest BCUT2D eigenvalue weighted by Gasteiger charge is -2.06. The largest absolute Gasteiger partial charge is 0.481 e. The minimum absolute atomic E-state index is 0.106. The molecule has 2 N–H and O–H groups in total. The smallest absolute Gasteiger partial charge is 0.308 e. The van der Waals surface area contributed by atoms with Crippen LogP contribution in [0.15, 0.2) is 72.8 Å². The average molecular weight is 451 g/mol. The number of carbonyl (C=O) groups is 1. The number of hydrogen-bond acceptors (Lipinski definition) is 5. The van der Waals surface area contributed by atoms with Crippen molar-refractivity contribution in [2.45, 2.75) is 13.3 Å². The summed E-state index contributed by atoms with van der Waals surface area (Å²) in [5, 5.41) is 13.8. The molecule has 0 saturated carbocycles. The van der Waals surface area contributed by atoms with Crippen LogP contribution in [-0.2, 0) is 11.2 Å². The van der Waals surface area contributed by atoms with E-state index >= 15 is 0 Å². The van der Waals surface area contributed by atoms with Gasteiger partial charge in [-0.2, -0.15) is 0 Å². The van der Waals surface area contributed by atoms with Crippen LogP contribution in [0.4, 0.5) is 10.8 Å². The number of thiazole rings is 1. The Kier molecular flexibility index (Phi) is 6.21. The number of aryl methyl sites for hydroxylation is 1. The number of benzene rings is 3. The maximum absolute atomic E-state index is 11.4. The number of aliphatic carboxylic acids is 1. The highest BCUT2D eigenvalue weighted by molar-refractivity contribution is 7.16. The Labute approximate surface area is 188 Å². The Balaban J connectivity index is 1.60. The first-order valence-electron chi connectivity index (χ1n) is 9.56. The quantitative estimate of drug-likeness (QED) is 0.319. The zero-order valence-electron chi connectivity index (χ0n) is 16.6. The molecule has 0 radical (unpaired) electrons. The van der Waals surface area contributed by atoms with E-state index in [0.29, 0.717) is 26.5 Å². The lowest BCUT2D eigenvalue weighted by atomic mass is 10.1. The lowest BCUT2D eigenvalue weighted by molar-refractivity contribution is -0.136. The van der Waals surface area contributed by atoms with Crippen molar-refractivity contribution in [2.75, 3.05) is 5.32 Å². The van der Waals surface area contributed by atoms with Crippen molar-refractivity contribution in [3.05, 3.63) is 88.3 Å². The molecule has 0 atom stereocenters. The number of carboxylic acid groups (broad SMARTS) is 1. The van der Waals surface area contributed by atoms with Crippen molar-refractivity contribution in [1.29, 1.82) is 0 Å². The van der Waals surface area contributed by atoms with Crippen LogP contribution in [-0.4, -0.2) is 16.1 Å². The van der Waals surface area contributed by atoms with Crippen molar-refractivity contribution >= 4 is 39.7 Å².